The Morgan fingerprint density at radius 2 is 1.88 bits per heavy atom. The summed E-state index contributed by atoms with van der Waals surface area (Å²) in [5.41, 5.74) is 2.23. The van der Waals surface area contributed by atoms with Crippen LogP contribution in [0.15, 0.2) is 48.5 Å². The summed E-state index contributed by atoms with van der Waals surface area (Å²) >= 11 is 0. The number of aliphatic hydroxyl groups excluding tert-OH is 1. The monoisotopic (exact) mass is 328 g/mol. The van der Waals surface area contributed by atoms with E-state index in [0.29, 0.717) is 5.56 Å². The molecule has 2 N–H and O–H groups in total. The molecular weight excluding hydrogens is 308 g/mol. The van der Waals surface area contributed by atoms with Crippen molar-refractivity contribution >= 4 is 11.6 Å². The van der Waals surface area contributed by atoms with E-state index in [-0.39, 0.29) is 24.6 Å². The number of carbonyl (C=O) groups excluding carboxylic acids is 1. The number of benzene rings is 2. The van der Waals surface area contributed by atoms with Crippen LogP contribution in [0.5, 0.6) is 0 Å². The van der Waals surface area contributed by atoms with Crippen LogP contribution < -0.4 is 5.32 Å². The minimum absolute atomic E-state index is 0.0829. The van der Waals surface area contributed by atoms with Crippen molar-refractivity contribution in [1.29, 1.82) is 0 Å². The number of carbonyl (C=O) groups is 1. The van der Waals surface area contributed by atoms with E-state index in [1.165, 1.54) is 11.6 Å². The molecule has 6 nitrogen and oxygen atoms in total. The summed E-state index contributed by atoms with van der Waals surface area (Å²) in [5.74, 6) is -0.372. The molecule has 1 unspecified atom stereocenters. The van der Waals surface area contributed by atoms with E-state index >= 15 is 0 Å². The van der Waals surface area contributed by atoms with Gasteiger partial charge in [0, 0.05) is 11.6 Å². The van der Waals surface area contributed by atoms with Crippen molar-refractivity contribution in [2.24, 2.45) is 0 Å². The lowest BCUT2D eigenvalue weighted by atomic mass is 10.0. The number of rotatable bonds is 7. The molecule has 2 rings (SSSR count). The molecule has 0 fully saturated rings. The predicted octanol–water partition coefficient (Wildman–Crippen LogP) is 2.55. The molecule has 0 spiro atoms. The lowest BCUT2D eigenvalue weighted by molar-refractivity contribution is -0.385. The van der Waals surface area contributed by atoms with Gasteiger partial charge >= 0.3 is 0 Å². The van der Waals surface area contributed by atoms with Gasteiger partial charge in [0.05, 0.1) is 24.0 Å². The first-order valence-electron chi connectivity index (χ1n) is 7.76. The Labute approximate surface area is 140 Å². The molecule has 0 aliphatic rings. The normalized spacial score (nSPS) is 11.8. The molecule has 2 aromatic carbocycles. The zero-order valence-corrected chi connectivity index (χ0v) is 13.4. The standard InChI is InChI=1S/C18H20N2O4/c1-2-13-7-9-14(10-8-13)16(12-21)19-18(22)11-15-5-3-4-6-17(15)20(23)24/h3-10,16,21H,2,11-12H2,1H3,(H,19,22). The van der Waals surface area contributed by atoms with Gasteiger partial charge in [0.2, 0.25) is 5.91 Å². The largest absolute Gasteiger partial charge is 0.394 e. The molecule has 0 radical (unpaired) electrons. The third-order valence-corrected chi connectivity index (χ3v) is 3.85. The average Bonchev–Trinajstić information content (AvgIpc) is 2.60. The number of aryl methyl sites for hydroxylation is 1. The molecule has 0 aromatic heterocycles. The van der Waals surface area contributed by atoms with E-state index in [2.05, 4.69) is 5.32 Å². The molecule has 1 atom stereocenters. The minimum Gasteiger partial charge on any atom is -0.394 e. The van der Waals surface area contributed by atoms with Crippen molar-refractivity contribution < 1.29 is 14.8 Å². The molecule has 1 amide bonds. The zero-order chi connectivity index (χ0) is 17.5. The van der Waals surface area contributed by atoms with Crippen LogP contribution in [-0.4, -0.2) is 22.5 Å². The van der Waals surface area contributed by atoms with Crippen molar-refractivity contribution in [3.63, 3.8) is 0 Å². The van der Waals surface area contributed by atoms with Gasteiger partial charge in [-0.15, -0.1) is 0 Å². The van der Waals surface area contributed by atoms with Crippen LogP contribution in [0.3, 0.4) is 0 Å². The lowest BCUT2D eigenvalue weighted by Crippen LogP contribution is -2.32. The number of aliphatic hydroxyl groups is 1. The van der Waals surface area contributed by atoms with Crippen LogP contribution in [-0.2, 0) is 17.6 Å². The van der Waals surface area contributed by atoms with Crippen molar-refractivity contribution in [2.45, 2.75) is 25.8 Å². The van der Waals surface area contributed by atoms with Gasteiger partial charge in [-0.2, -0.15) is 0 Å². The molecule has 0 saturated carbocycles. The van der Waals surface area contributed by atoms with Crippen molar-refractivity contribution in [1.82, 2.24) is 5.32 Å². The first-order valence-corrected chi connectivity index (χ1v) is 7.76. The Bertz CT molecular complexity index is 713. The van der Waals surface area contributed by atoms with Crippen LogP contribution in [0, 0.1) is 10.1 Å². The fourth-order valence-electron chi connectivity index (χ4n) is 2.48. The third kappa shape index (κ3) is 4.39. The molecule has 6 heteroatoms. The summed E-state index contributed by atoms with van der Waals surface area (Å²) in [5, 5.41) is 23.3. The molecule has 0 saturated heterocycles. The topological polar surface area (TPSA) is 92.5 Å². The Balaban J connectivity index is 2.08. The zero-order valence-electron chi connectivity index (χ0n) is 13.4. The molecule has 2 aromatic rings. The number of para-hydroxylation sites is 1. The molecule has 0 aliphatic heterocycles. The fourth-order valence-corrected chi connectivity index (χ4v) is 2.48. The van der Waals surface area contributed by atoms with E-state index in [9.17, 15) is 20.0 Å². The van der Waals surface area contributed by atoms with Gasteiger partial charge in [-0.1, -0.05) is 49.4 Å². The van der Waals surface area contributed by atoms with Crippen molar-refractivity contribution in [3.8, 4) is 0 Å². The van der Waals surface area contributed by atoms with Gasteiger partial charge in [-0.3, -0.25) is 14.9 Å². The summed E-state index contributed by atoms with van der Waals surface area (Å²) in [4.78, 5) is 22.7. The van der Waals surface area contributed by atoms with E-state index in [0.717, 1.165) is 12.0 Å². The van der Waals surface area contributed by atoms with Gasteiger partial charge in [0.25, 0.3) is 5.69 Å². The molecule has 0 heterocycles. The number of hydrogen-bond acceptors (Lipinski definition) is 4. The Hall–Kier alpha value is -2.73. The molecule has 0 aliphatic carbocycles. The summed E-state index contributed by atoms with van der Waals surface area (Å²) in [6.45, 7) is 1.81. The van der Waals surface area contributed by atoms with E-state index in [1.54, 1.807) is 18.2 Å². The van der Waals surface area contributed by atoms with E-state index in [1.807, 2.05) is 31.2 Å². The maximum atomic E-state index is 12.2. The first kappa shape index (κ1) is 17.6. The summed E-state index contributed by atoms with van der Waals surface area (Å²) in [6.07, 6.45) is 0.800. The third-order valence-electron chi connectivity index (χ3n) is 3.85. The second-order valence-corrected chi connectivity index (χ2v) is 5.46. The van der Waals surface area contributed by atoms with E-state index in [4.69, 9.17) is 0 Å². The summed E-state index contributed by atoms with van der Waals surface area (Å²) < 4.78 is 0. The number of nitro groups is 1. The van der Waals surface area contributed by atoms with E-state index < -0.39 is 11.0 Å². The van der Waals surface area contributed by atoms with Crippen LogP contribution >= 0.6 is 0 Å². The maximum Gasteiger partial charge on any atom is 0.273 e. The van der Waals surface area contributed by atoms with Crippen LogP contribution in [0.4, 0.5) is 5.69 Å². The highest BCUT2D eigenvalue weighted by Crippen LogP contribution is 2.19. The molecular formula is C18H20N2O4. The number of hydrogen-bond donors (Lipinski definition) is 2. The highest BCUT2D eigenvalue weighted by molar-refractivity contribution is 5.80. The highest BCUT2D eigenvalue weighted by Gasteiger charge is 2.18. The number of nitrogens with one attached hydrogen (secondary N) is 1. The van der Waals surface area contributed by atoms with Gasteiger partial charge in [-0.05, 0) is 17.5 Å². The molecule has 126 valence electrons. The summed E-state index contributed by atoms with van der Waals surface area (Å²) in [7, 11) is 0. The number of amides is 1. The van der Waals surface area contributed by atoms with Crippen molar-refractivity contribution in [3.05, 3.63) is 75.3 Å². The maximum absolute atomic E-state index is 12.2. The predicted molar refractivity (Wildman–Crippen MR) is 90.6 cm³/mol. The second-order valence-electron chi connectivity index (χ2n) is 5.46. The Morgan fingerprint density at radius 1 is 1.21 bits per heavy atom. The van der Waals surface area contributed by atoms with Crippen LogP contribution in [0.25, 0.3) is 0 Å². The second kappa shape index (κ2) is 8.21. The minimum atomic E-state index is -0.536. The van der Waals surface area contributed by atoms with Gasteiger partial charge in [-0.25, -0.2) is 0 Å². The Morgan fingerprint density at radius 3 is 2.46 bits per heavy atom. The molecule has 0 bridgehead atoms. The smallest absolute Gasteiger partial charge is 0.273 e. The molecule has 24 heavy (non-hydrogen) atoms. The quantitative estimate of drug-likeness (QED) is 0.603. The van der Waals surface area contributed by atoms with Gasteiger partial charge in [0.1, 0.15) is 0 Å². The lowest BCUT2D eigenvalue weighted by Gasteiger charge is -2.17. The van der Waals surface area contributed by atoms with Crippen LogP contribution in [0.1, 0.15) is 29.7 Å². The number of nitrogens with zero attached hydrogens (tertiary/aromatic N) is 1. The Kier molecular flexibility index (Phi) is 6.03. The number of nitro benzene ring substituents is 1. The fraction of sp³-hybridized carbons (Fsp3) is 0.278. The first-order chi connectivity index (χ1) is 11.5. The van der Waals surface area contributed by atoms with Gasteiger partial charge < -0.3 is 10.4 Å². The van der Waals surface area contributed by atoms with Crippen molar-refractivity contribution in [2.75, 3.05) is 6.61 Å². The van der Waals surface area contributed by atoms with Gasteiger partial charge in [0.15, 0.2) is 0 Å². The highest BCUT2D eigenvalue weighted by atomic mass is 16.6. The SMILES string of the molecule is CCc1ccc(C(CO)NC(=O)Cc2ccccc2[N+](=O)[O-])cc1. The average molecular weight is 328 g/mol. The van der Waals surface area contributed by atoms with Crippen LogP contribution in [0.2, 0.25) is 0 Å². The summed E-state index contributed by atoms with van der Waals surface area (Å²) in [6, 6.07) is 13.2.